The number of para-hydroxylation sites is 2. The Morgan fingerprint density at radius 2 is 1.70 bits per heavy atom. The standard InChI is InChI=1S/C24H25N5O/c30-24(25-16-19-8-5-7-18-6-1-2-9-20(18)19)29-14-12-28(13-15-29)17-23-26-21-10-3-4-11-22(21)27-23/h1-11H,12-17H2,(H,25,30)(H,26,27). The van der Waals surface area contributed by atoms with E-state index in [4.69, 9.17) is 0 Å². The van der Waals surface area contributed by atoms with E-state index >= 15 is 0 Å². The van der Waals surface area contributed by atoms with E-state index in [1.807, 2.05) is 47.4 Å². The number of fused-ring (bicyclic) bond motifs is 2. The molecule has 2 amide bonds. The third kappa shape index (κ3) is 3.86. The number of H-pyrrole nitrogens is 1. The Bertz CT molecular complexity index is 1140. The van der Waals surface area contributed by atoms with Crippen molar-refractivity contribution in [2.45, 2.75) is 13.1 Å². The highest BCUT2D eigenvalue weighted by atomic mass is 16.2. The van der Waals surface area contributed by atoms with Crippen LogP contribution in [0.15, 0.2) is 66.7 Å². The molecule has 30 heavy (non-hydrogen) atoms. The number of aromatic amines is 1. The van der Waals surface area contributed by atoms with Crippen molar-refractivity contribution in [3.05, 3.63) is 78.1 Å². The molecule has 1 aromatic heterocycles. The van der Waals surface area contributed by atoms with Crippen LogP contribution in [0, 0.1) is 0 Å². The predicted octanol–water partition coefficient (Wildman–Crippen LogP) is 3.74. The van der Waals surface area contributed by atoms with E-state index in [0.717, 1.165) is 55.1 Å². The van der Waals surface area contributed by atoms with Gasteiger partial charge >= 0.3 is 6.03 Å². The molecule has 1 aliphatic heterocycles. The fraction of sp³-hybridized carbons (Fsp3) is 0.250. The summed E-state index contributed by atoms with van der Waals surface area (Å²) in [6.07, 6.45) is 0. The molecular formula is C24H25N5O. The average Bonchev–Trinajstić information content (AvgIpc) is 3.20. The van der Waals surface area contributed by atoms with Crippen LogP contribution in [-0.4, -0.2) is 52.0 Å². The molecule has 2 N–H and O–H groups in total. The molecule has 3 aromatic carbocycles. The number of nitrogens with zero attached hydrogens (tertiary/aromatic N) is 3. The zero-order valence-corrected chi connectivity index (χ0v) is 16.8. The van der Waals surface area contributed by atoms with E-state index in [-0.39, 0.29) is 6.03 Å². The van der Waals surface area contributed by atoms with Crippen LogP contribution >= 0.6 is 0 Å². The fourth-order valence-electron chi connectivity index (χ4n) is 4.13. The number of aromatic nitrogens is 2. The van der Waals surface area contributed by atoms with Gasteiger partial charge in [-0.1, -0.05) is 54.6 Å². The molecule has 0 atom stereocenters. The molecule has 0 spiro atoms. The van der Waals surface area contributed by atoms with Crippen molar-refractivity contribution in [3.63, 3.8) is 0 Å². The molecule has 0 aliphatic carbocycles. The van der Waals surface area contributed by atoms with E-state index in [1.54, 1.807) is 0 Å². The fourth-order valence-corrected chi connectivity index (χ4v) is 4.13. The highest BCUT2D eigenvalue weighted by Crippen LogP contribution is 2.18. The second kappa shape index (κ2) is 8.16. The van der Waals surface area contributed by atoms with Crippen molar-refractivity contribution in [1.29, 1.82) is 0 Å². The Morgan fingerprint density at radius 1 is 0.933 bits per heavy atom. The molecule has 6 nitrogen and oxygen atoms in total. The van der Waals surface area contributed by atoms with Crippen molar-refractivity contribution in [2.24, 2.45) is 0 Å². The lowest BCUT2D eigenvalue weighted by molar-refractivity contribution is 0.133. The number of rotatable bonds is 4. The van der Waals surface area contributed by atoms with Gasteiger partial charge in [0.1, 0.15) is 5.82 Å². The summed E-state index contributed by atoms with van der Waals surface area (Å²) in [6, 6.07) is 22.6. The molecule has 5 rings (SSSR count). The van der Waals surface area contributed by atoms with Gasteiger partial charge in [0, 0.05) is 32.7 Å². The van der Waals surface area contributed by atoms with Crippen molar-refractivity contribution in [3.8, 4) is 0 Å². The minimum Gasteiger partial charge on any atom is -0.341 e. The Hall–Kier alpha value is -3.38. The molecule has 152 valence electrons. The van der Waals surface area contributed by atoms with E-state index in [2.05, 4.69) is 44.5 Å². The molecule has 2 heterocycles. The number of carbonyl (C=O) groups is 1. The minimum absolute atomic E-state index is 0.00585. The molecule has 1 saturated heterocycles. The summed E-state index contributed by atoms with van der Waals surface area (Å²) in [4.78, 5) is 25.0. The summed E-state index contributed by atoms with van der Waals surface area (Å²) in [5, 5.41) is 5.48. The van der Waals surface area contributed by atoms with Crippen molar-refractivity contribution in [1.82, 2.24) is 25.1 Å². The van der Waals surface area contributed by atoms with Gasteiger partial charge in [-0.2, -0.15) is 0 Å². The van der Waals surface area contributed by atoms with Gasteiger partial charge in [-0.05, 0) is 28.5 Å². The van der Waals surface area contributed by atoms with Gasteiger partial charge in [-0.15, -0.1) is 0 Å². The first-order valence-corrected chi connectivity index (χ1v) is 10.4. The van der Waals surface area contributed by atoms with Crippen LogP contribution in [0.25, 0.3) is 21.8 Å². The normalized spacial score (nSPS) is 15.0. The summed E-state index contributed by atoms with van der Waals surface area (Å²) in [6.45, 7) is 4.46. The number of hydrogen-bond acceptors (Lipinski definition) is 3. The van der Waals surface area contributed by atoms with Gasteiger partial charge in [0.05, 0.1) is 17.6 Å². The molecular weight excluding hydrogens is 374 g/mol. The number of nitrogens with one attached hydrogen (secondary N) is 2. The molecule has 1 fully saturated rings. The summed E-state index contributed by atoms with van der Waals surface area (Å²) >= 11 is 0. The average molecular weight is 399 g/mol. The second-order valence-electron chi connectivity index (χ2n) is 7.76. The maximum absolute atomic E-state index is 12.7. The molecule has 0 radical (unpaired) electrons. The lowest BCUT2D eigenvalue weighted by Crippen LogP contribution is -2.51. The van der Waals surface area contributed by atoms with E-state index < -0.39 is 0 Å². The summed E-state index contributed by atoms with van der Waals surface area (Å²) in [5.74, 6) is 0.977. The first-order valence-electron chi connectivity index (χ1n) is 10.4. The highest BCUT2D eigenvalue weighted by Gasteiger charge is 2.21. The van der Waals surface area contributed by atoms with Crippen molar-refractivity contribution in [2.75, 3.05) is 26.2 Å². The minimum atomic E-state index is 0.00585. The van der Waals surface area contributed by atoms with Gasteiger partial charge in [0.2, 0.25) is 0 Å². The van der Waals surface area contributed by atoms with Crippen molar-refractivity contribution < 1.29 is 4.79 Å². The van der Waals surface area contributed by atoms with E-state index in [1.165, 1.54) is 10.8 Å². The van der Waals surface area contributed by atoms with Gasteiger partial charge in [0.15, 0.2) is 0 Å². The molecule has 0 bridgehead atoms. The summed E-state index contributed by atoms with van der Waals surface area (Å²) < 4.78 is 0. The Morgan fingerprint density at radius 3 is 2.57 bits per heavy atom. The van der Waals surface area contributed by atoms with E-state index in [9.17, 15) is 4.79 Å². The number of amides is 2. The monoisotopic (exact) mass is 399 g/mol. The topological polar surface area (TPSA) is 64.3 Å². The zero-order valence-electron chi connectivity index (χ0n) is 16.8. The molecule has 6 heteroatoms. The van der Waals surface area contributed by atoms with Crippen molar-refractivity contribution >= 4 is 27.8 Å². The van der Waals surface area contributed by atoms with Gasteiger partial charge in [-0.3, -0.25) is 4.90 Å². The van der Waals surface area contributed by atoms with Crippen LogP contribution < -0.4 is 5.32 Å². The first kappa shape index (κ1) is 18.6. The summed E-state index contributed by atoms with van der Waals surface area (Å²) in [5.41, 5.74) is 3.21. The Balaban J connectivity index is 1.15. The first-order chi connectivity index (χ1) is 14.8. The van der Waals surface area contributed by atoms with Crippen LogP contribution in [0.4, 0.5) is 4.79 Å². The number of piperazine rings is 1. The number of carbonyl (C=O) groups excluding carboxylic acids is 1. The molecule has 0 unspecified atom stereocenters. The molecule has 1 aliphatic rings. The van der Waals surface area contributed by atoms with Crippen LogP contribution in [-0.2, 0) is 13.1 Å². The Kier molecular flexibility index (Phi) is 5.07. The van der Waals surface area contributed by atoms with Crippen LogP contribution in [0.5, 0.6) is 0 Å². The lowest BCUT2D eigenvalue weighted by Gasteiger charge is -2.34. The SMILES string of the molecule is O=C(NCc1cccc2ccccc12)N1CCN(Cc2nc3ccccc3[nH]2)CC1. The largest absolute Gasteiger partial charge is 0.341 e. The highest BCUT2D eigenvalue weighted by molar-refractivity contribution is 5.86. The van der Waals surface area contributed by atoms with Gasteiger partial charge in [-0.25, -0.2) is 9.78 Å². The Labute approximate surface area is 175 Å². The smallest absolute Gasteiger partial charge is 0.317 e. The van der Waals surface area contributed by atoms with Crippen LogP contribution in [0.1, 0.15) is 11.4 Å². The van der Waals surface area contributed by atoms with Gasteiger partial charge < -0.3 is 15.2 Å². The predicted molar refractivity (Wildman–Crippen MR) is 119 cm³/mol. The second-order valence-corrected chi connectivity index (χ2v) is 7.76. The molecule has 4 aromatic rings. The zero-order chi connectivity index (χ0) is 20.3. The third-order valence-electron chi connectivity index (χ3n) is 5.78. The van der Waals surface area contributed by atoms with E-state index in [0.29, 0.717) is 6.54 Å². The lowest BCUT2D eigenvalue weighted by atomic mass is 10.0. The third-order valence-corrected chi connectivity index (χ3v) is 5.78. The maximum atomic E-state index is 12.7. The quantitative estimate of drug-likeness (QED) is 0.549. The van der Waals surface area contributed by atoms with Crippen LogP contribution in [0.3, 0.4) is 0 Å². The van der Waals surface area contributed by atoms with Gasteiger partial charge in [0.25, 0.3) is 0 Å². The summed E-state index contributed by atoms with van der Waals surface area (Å²) in [7, 11) is 0. The maximum Gasteiger partial charge on any atom is 0.317 e. The molecule has 0 saturated carbocycles. The number of benzene rings is 3. The number of urea groups is 1. The van der Waals surface area contributed by atoms with Crippen LogP contribution in [0.2, 0.25) is 0 Å². The number of hydrogen-bond donors (Lipinski definition) is 2. The number of imidazole rings is 1.